The smallest absolute Gasteiger partial charge is 0.230 e. The highest BCUT2D eigenvalue weighted by molar-refractivity contribution is 5.85. The molecule has 1 heterocycles. The van der Waals surface area contributed by atoms with Crippen molar-refractivity contribution < 1.29 is 4.79 Å². The average Bonchev–Trinajstić information content (AvgIpc) is 3.38. The van der Waals surface area contributed by atoms with E-state index in [-0.39, 0.29) is 11.3 Å². The lowest BCUT2D eigenvalue weighted by molar-refractivity contribution is -0.138. The van der Waals surface area contributed by atoms with Crippen LogP contribution in [0, 0.1) is 5.41 Å². The molecule has 1 saturated carbocycles. The Balaban J connectivity index is 1.52. The van der Waals surface area contributed by atoms with E-state index in [0.717, 1.165) is 37.8 Å². The van der Waals surface area contributed by atoms with Crippen LogP contribution in [0.5, 0.6) is 0 Å². The van der Waals surface area contributed by atoms with Crippen LogP contribution in [0.1, 0.15) is 36.8 Å². The van der Waals surface area contributed by atoms with Crippen molar-refractivity contribution in [1.82, 2.24) is 25.3 Å². The van der Waals surface area contributed by atoms with Gasteiger partial charge >= 0.3 is 0 Å². The van der Waals surface area contributed by atoms with E-state index in [4.69, 9.17) is 0 Å². The summed E-state index contributed by atoms with van der Waals surface area (Å²) >= 11 is 0. The summed E-state index contributed by atoms with van der Waals surface area (Å²) in [7, 11) is 5.42. The number of carbonyl (C=O) groups is 1. The van der Waals surface area contributed by atoms with Gasteiger partial charge in [-0.2, -0.15) is 5.10 Å². The van der Waals surface area contributed by atoms with E-state index in [1.807, 2.05) is 49.4 Å². The Bertz CT molecular complexity index is 821. The number of hydrogen-bond donors (Lipinski definition) is 2. The molecule has 2 N–H and O–H groups in total. The van der Waals surface area contributed by atoms with E-state index >= 15 is 0 Å². The molecule has 0 bridgehead atoms. The number of rotatable bonds is 7. The molecule has 1 aromatic carbocycles. The SMILES string of the molecule is CN=C(NCc1cnn(Cc2ccccc2)c1)NCC1(C(=O)N(C)C)CCCC1. The van der Waals surface area contributed by atoms with Crippen molar-refractivity contribution >= 4 is 11.9 Å². The Kier molecular flexibility index (Phi) is 6.90. The molecule has 0 aliphatic heterocycles. The van der Waals surface area contributed by atoms with Gasteiger partial charge in [-0.15, -0.1) is 0 Å². The quantitative estimate of drug-likeness (QED) is 0.556. The molecule has 0 saturated heterocycles. The molecule has 0 atom stereocenters. The second-order valence-electron chi connectivity index (χ2n) is 8.00. The Hall–Kier alpha value is -2.83. The highest BCUT2D eigenvalue weighted by Gasteiger charge is 2.42. The molecular formula is C22H32N6O. The third-order valence-electron chi connectivity index (χ3n) is 5.57. The van der Waals surface area contributed by atoms with Crippen LogP contribution in [0.3, 0.4) is 0 Å². The number of amides is 1. The van der Waals surface area contributed by atoms with Crippen molar-refractivity contribution in [1.29, 1.82) is 0 Å². The summed E-state index contributed by atoms with van der Waals surface area (Å²) in [6.45, 7) is 1.99. The molecule has 1 amide bonds. The molecule has 29 heavy (non-hydrogen) atoms. The Morgan fingerprint density at radius 3 is 2.55 bits per heavy atom. The Morgan fingerprint density at radius 1 is 1.17 bits per heavy atom. The van der Waals surface area contributed by atoms with Crippen LogP contribution < -0.4 is 10.6 Å². The lowest BCUT2D eigenvalue weighted by Crippen LogP contribution is -2.49. The number of aromatic nitrogens is 2. The minimum Gasteiger partial charge on any atom is -0.355 e. The average molecular weight is 397 g/mol. The normalized spacial score (nSPS) is 15.9. The fraction of sp³-hybridized carbons (Fsp3) is 0.500. The number of nitrogens with one attached hydrogen (secondary N) is 2. The largest absolute Gasteiger partial charge is 0.355 e. The highest BCUT2D eigenvalue weighted by Crippen LogP contribution is 2.38. The van der Waals surface area contributed by atoms with Gasteiger partial charge in [0.15, 0.2) is 5.96 Å². The standard InChI is InChI=1S/C22H32N6O/c1-23-21(25-17-22(11-7-8-12-22)20(29)27(2)3)24-13-19-14-26-28(16-19)15-18-9-5-4-6-10-18/h4-6,9-10,14,16H,7-8,11-13,15,17H2,1-3H3,(H2,23,24,25). The first-order valence-corrected chi connectivity index (χ1v) is 10.2. The van der Waals surface area contributed by atoms with Crippen molar-refractivity contribution in [3.63, 3.8) is 0 Å². The van der Waals surface area contributed by atoms with E-state index in [1.54, 1.807) is 11.9 Å². The molecule has 2 aromatic rings. The van der Waals surface area contributed by atoms with Crippen molar-refractivity contribution in [2.24, 2.45) is 10.4 Å². The van der Waals surface area contributed by atoms with E-state index < -0.39 is 0 Å². The monoisotopic (exact) mass is 396 g/mol. The summed E-state index contributed by atoms with van der Waals surface area (Å²) < 4.78 is 1.94. The fourth-order valence-electron chi connectivity index (χ4n) is 4.01. The van der Waals surface area contributed by atoms with Crippen LogP contribution in [0.15, 0.2) is 47.7 Å². The number of nitrogens with zero attached hydrogens (tertiary/aromatic N) is 4. The van der Waals surface area contributed by atoms with Crippen LogP contribution in [0.25, 0.3) is 0 Å². The molecule has 3 rings (SSSR count). The first-order valence-electron chi connectivity index (χ1n) is 10.2. The van der Waals surface area contributed by atoms with Gasteiger partial charge in [0.2, 0.25) is 5.91 Å². The van der Waals surface area contributed by atoms with Gasteiger partial charge in [-0.1, -0.05) is 43.2 Å². The third-order valence-corrected chi connectivity index (χ3v) is 5.57. The zero-order chi connectivity index (χ0) is 20.7. The Morgan fingerprint density at radius 2 is 1.90 bits per heavy atom. The van der Waals surface area contributed by atoms with Gasteiger partial charge in [0.05, 0.1) is 18.2 Å². The van der Waals surface area contributed by atoms with Gasteiger partial charge in [0.1, 0.15) is 0 Å². The molecule has 0 spiro atoms. The molecule has 1 aliphatic rings. The van der Waals surface area contributed by atoms with Crippen LogP contribution >= 0.6 is 0 Å². The zero-order valence-corrected chi connectivity index (χ0v) is 17.7. The minimum atomic E-state index is -0.318. The zero-order valence-electron chi connectivity index (χ0n) is 17.7. The summed E-state index contributed by atoms with van der Waals surface area (Å²) in [4.78, 5) is 18.7. The first-order chi connectivity index (χ1) is 14.0. The van der Waals surface area contributed by atoms with Gasteiger partial charge in [-0.25, -0.2) is 0 Å². The van der Waals surface area contributed by atoms with Gasteiger partial charge in [-0.3, -0.25) is 14.5 Å². The molecule has 1 aliphatic carbocycles. The number of aliphatic imine (C=N–C) groups is 1. The summed E-state index contributed by atoms with van der Waals surface area (Å²) in [6.07, 6.45) is 7.99. The molecule has 0 unspecified atom stereocenters. The van der Waals surface area contributed by atoms with Gasteiger partial charge < -0.3 is 15.5 Å². The predicted molar refractivity (Wildman–Crippen MR) is 116 cm³/mol. The van der Waals surface area contributed by atoms with Crippen LogP contribution in [0.4, 0.5) is 0 Å². The molecule has 0 radical (unpaired) electrons. The summed E-state index contributed by atoms with van der Waals surface area (Å²) in [5, 5.41) is 11.1. The number of benzene rings is 1. The number of carbonyl (C=O) groups excluding carboxylic acids is 1. The molecule has 156 valence electrons. The van der Waals surface area contributed by atoms with Gasteiger partial charge in [0.25, 0.3) is 0 Å². The number of hydrogen-bond acceptors (Lipinski definition) is 3. The van der Waals surface area contributed by atoms with E-state index in [2.05, 4.69) is 32.9 Å². The maximum absolute atomic E-state index is 12.7. The third kappa shape index (κ3) is 5.37. The van der Waals surface area contributed by atoms with Gasteiger partial charge in [-0.05, 0) is 18.4 Å². The van der Waals surface area contributed by atoms with E-state index in [1.165, 1.54) is 5.56 Å². The molecule has 7 heteroatoms. The second-order valence-corrected chi connectivity index (χ2v) is 8.00. The Labute approximate surface area is 173 Å². The molecule has 1 fully saturated rings. The van der Waals surface area contributed by atoms with Crippen molar-refractivity contribution in [3.8, 4) is 0 Å². The first kappa shape index (κ1) is 20.9. The van der Waals surface area contributed by atoms with Crippen LogP contribution in [-0.2, 0) is 17.9 Å². The summed E-state index contributed by atoms with van der Waals surface area (Å²) in [5.41, 5.74) is 1.99. The predicted octanol–water partition coefficient (Wildman–Crippen LogP) is 2.24. The minimum absolute atomic E-state index is 0.208. The van der Waals surface area contributed by atoms with Crippen molar-refractivity contribution in [3.05, 3.63) is 53.9 Å². The summed E-state index contributed by atoms with van der Waals surface area (Å²) in [5.74, 6) is 0.916. The molecule has 7 nitrogen and oxygen atoms in total. The maximum atomic E-state index is 12.7. The van der Waals surface area contributed by atoms with E-state index in [0.29, 0.717) is 19.0 Å². The molecular weight excluding hydrogens is 364 g/mol. The second kappa shape index (κ2) is 9.58. The lowest BCUT2D eigenvalue weighted by atomic mass is 9.84. The van der Waals surface area contributed by atoms with Crippen molar-refractivity contribution in [2.75, 3.05) is 27.7 Å². The highest BCUT2D eigenvalue weighted by atomic mass is 16.2. The van der Waals surface area contributed by atoms with Crippen molar-refractivity contribution in [2.45, 2.75) is 38.8 Å². The number of guanidine groups is 1. The topological polar surface area (TPSA) is 74.5 Å². The van der Waals surface area contributed by atoms with Crippen LogP contribution in [-0.4, -0.2) is 54.2 Å². The maximum Gasteiger partial charge on any atom is 0.230 e. The molecule has 1 aromatic heterocycles. The van der Waals surface area contributed by atoms with E-state index in [9.17, 15) is 4.79 Å². The lowest BCUT2D eigenvalue weighted by Gasteiger charge is -2.31. The summed E-state index contributed by atoms with van der Waals surface area (Å²) in [6, 6.07) is 10.3. The van der Waals surface area contributed by atoms with Gasteiger partial charge in [0, 0.05) is 46.0 Å². The van der Waals surface area contributed by atoms with Crippen LogP contribution in [0.2, 0.25) is 0 Å². The fourth-order valence-corrected chi connectivity index (χ4v) is 4.01.